The summed E-state index contributed by atoms with van der Waals surface area (Å²) in [5.74, 6) is 3.44. The summed E-state index contributed by atoms with van der Waals surface area (Å²) < 4.78 is 21.6. The molecule has 3 aromatic rings. The summed E-state index contributed by atoms with van der Waals surface area (Å²) in [4.78, 5) is 65.6. The van der Waals surface area contributed by atoms with E-state index >= 15 is 0 Å². The lowest BCUT2D eigenvalue weighted by molar-refractivity contribution is -0.0922. The molecule has 0 bridgehead atoms. The molecule has 3 saturated carbocycles. The minimum Gasteiger partial charge on any atom is -0.468 e. The zero-order valence-corrected chi connectivity index (χ0v) is 41.8. The van der Waals surface area contributed by atoms with Crippen LogP contribution < -0.4 is 30.5 Å². The normalized spacial score (nSPS) is 24.4. The number of ether oxygens (including phenoxy) is 4. The molecule has 18 nitrogen and oxygen atoms in total. The molecule has 3 aliphatic carbocycles. The van der Waals surface area contributed by atoms with Crippen LogP contribution >= 0.6 is 0 Å². The fourth-order valence-corrected chi connectivity index (χ4v) is 12.0. The van der Waals surface area contributed by atoms with Crippen LogP contribution in [-0.2, 0) is 27.2 Å². The Balaban J connectivity index is 0.839. The summed E-state index contributed by atoms with van der Waals surface area (Å²) in [5, 5.41) is 22.0. The lowest BCUT2D eigenvalue weighted by atomic mass is 9.45. The van der Waals surface area contributed by atoms with Crippen LogP contribution in [-0.4, -0.2) is 131 Å². The molecular formula is C52H74N10O8. The van der Waals surface area contributed by atoms with Gasteiger partial charge in [-0.1, -0.05) is 25.3 Å². The number of methoxy groups -OCH3 is 2. The summed E-state index contributed by atoms with van der Waals surface area (Å²) in [6.45, 7) is 9.00. The van der Waals surface area contributed by atoms with Gasteiger partial charge < -0.3 is 49.8 Å². The number of piperidine rings is 2. The summed E-state index contributed by atoms with van der Waals surface area (Å²) >= 11 is 0. The van der Waals surface area contributed by atoms with Crippen molar-refractivity contribution < 1.29 is 38.4 Å². The minimum absolute atomic E-state index is 0.0948. The van der Waals surface area contributed by atoms with Crippen LogP contribution in [0.15, 0.2) is 30.3 Å². The Kier molecular flexibility index (Phi) is 15.2. The van der Waals surface area contributed by atoms with Crippen LogP contribution in [0.3, 0.4) is 0 Å². The first kappa shape index (κ1) is 49.5. The number of benzene rings is 1. The molecule has 18 heteroatoms. The Bertz CT molecular complexity index is 2320. The maximum atomic E-state index is 14.1. The summed E-state index contributed by atoms with van der Waals surface area (Å²) in [7, 11) is 2.94. The van der Waals surface area contributed by atoms with Crippen LogP contribution in [0.1, 0.15) is 143 Å². The second-order valence-electron chi connectivity index (χ2n) is 21.6. The zero-order valence-electron chi connectivity index (χ0n) is 41.8. The number of amides is 2. The molecule has 3 aliphatic heterocycles. The number of nitrogens with one attached hydrogen (secondary N) is 3. The van der Waals surface area contributed by atoms with Crippen molar-refractivity contribution in [2.24, 2.45) is 17.3 Å². The standard InChI is InChI=1S/C52H74N10O8/c1-51(2,3)70-50(66)62-31-35-24-38(69-32-67-4)15-14-34(35)25-42(62)43(63)30-53-46(64)40-26-44(54-36-12-8-6-9-13-36)58-48(56-40)61-22-17-33(18-23-61)39-16-19-52(39)28-37(29-52)55-45-27-41(47(65)68-5)57-49(59-45)60-20-10-7-11-21-60/h14-15,24,26-27,33,36-37,39,42-43,63H,6-13,16-23,25,28-32H2,1-5H3,(H,53,64)(H,54,56,58)(H,55,57,59)/t37?,39?,42-,43+,52?/m0/s1. The molecule has 2 amide bonds. The van der Waals surface area contributed by atoms with Gasteiger partial charge in [-0.05, 0) is 138 Å². The number of rotatable bonds is 15. The highest BCUT2D eigenvalue weighted by atomic mass is 16.7. The molecule has 5 fully saturated rings. The first-order valence-corrected chi connectivity index (χ1v) is 25.9. The van der Waals surface area contributed by atoms with Crippen molar-refractivity contribution in [2.45, 2.75) is 153 Å². The van der Waals surface area contributed by atoms with E-state index in [1.165, 1.54) is 32.8 Å². The summed E-state index contributed by atoms with van der Waals surface area (Å²) in [6, 6.07) is 9.03. The molecule has 0 radical (unpaired) electrons. The molecular weight excluding hydrogens is 893 g/mol. The van der Waals surface area contributed by atoms with Gasteiger partial charge in [0.05, 0.1) is 19.3 Å². The highest BCUT2D eigenvalue weighted by molar-refractivity contribution is 5.93. The molecule has 5 heterocycles. The highest BCUT2D eigenvalue weighted by Gasteiger charge is 2.57. The van der Waals surface area contributed by atoms with Crippen LogP contribution in [0.5, 0.6) is 5.75 Å². The predicted octanol–water partition coefficient (Wildman–Crippen LogP) is 7.11. The van der Waals surface area contributed by atoms with Gasteiger partial charge in [-0.2, -0.15) is 9.97 Å². The number of fused-ring (bicyclic) bond motifs is 1. The largest absolute Gasteiger partial charge is 0.468 e. The van der Waals surface area contributed by atoms with Gasteiger partial charge in [-0.25, -0.2) is 19.6 Å². The van der Waals surface area contributed by atoms with Gasteiger partial charge in [0.1, 0.15) is 28.7 Å². The van der Waals surface area contributed by atoms with Gasteiger partial charge in [-0.3, -0.25) is 9.69 Å². The number of esters is 1. The Hall–Kier alpha value is -5.49. The fraction of sp³-hybridized carbons (Fsp3) is 0.673. The van der Waals surface area contributed by atoms with E-state index in [2.05, 4.69) is 30.7 Å². The summed E-state index contributed by atoms with van der Waals surface area (Å²) in [6.07, 6.45) is 14.4. The SMILES string of the molecule is COCOc1ccc2c(c1)CN(C(=O)OC(C)(C)C)[C@H]([C@H](O)CNC(=O)c1cc(NC3CCCCC3)nc(N3CCC(C4CCC45CC(Nc4cc(C(=O)OC)nc(N6CCCCC6)n4)C5)CC3)n1)C2. The number of carbonyl (C=O) groups is 3. The number of anilines is 4. The molecule has 2 saturated heterocycles. The van der Waals surface area contributed by atoms with Gasteiger partial charge in [0.15, 0.2) is 12.5 Å². The fourth-order valence-electron chi connectivity index (χ4n) is 12.0. The molecule has 1 spiro atoms. The number of nitrogens with zero attached hydrogens (tertiary/aromatic N) is 7. The monoisotopic (exact) mass is 967 g/mol. The smallest absolute Gasteiger partial charge is 0.410 e. The number of aromatic nitrogens is 4. The third-order valence-electron chi connectivity index (χ3n) is 15.7. The molecule has 9 rings (SSSR count). The summed E-state index contributed by atoms with van der Waals surface area (Å²) in [5.41, 5.74) is 1.95. The number of hydrogen-bond acceptors (Lipinski definition) is 16. The van der Waals surface area contributed by atoms with E-state index in [1.54, 1.807) is 24.1 Å². The van der Waals surface area contributed by atoms with Crippen molar-refractivity contribution >= 4 is 41.5 Å². The van der Waals surface area contributed by atoms with E-state index in [1.807, 2.05) is 39.0 Å². The topological polar surface area (TPSA) is 206 Å². The van der Waals surface area contributed by atoms with Gasteiger partial charge >= 0.3 is 12.1 Å². The van der Waals surface area contributed by atoms with Crippen molar-refractivity contribution in [2.75, 3.05) is 74.2 Å². The van der Waals surface area contributed by atoms with E-state index in [0.29, 0.717) is 53.0 Å². The number of hydrogen-bond donors (Lipinski definition) is 4. The molecule has 6 aliphatic rings. The van der Waals surface area contributed by atoms with E-state index in [0.717, 1.165) is 102 Å². The van der Waals surface area contributed by atoms with Crippen molar-refractivity contribution in [3.8, 4) is 5.75 Å². The molecule has 3 atom stereocenters. The van der Waals surface area contributed by atoms with Gasteiger partial charge in [0, 0.05) is 70.6 Å². The van der Waals surface area contributed by atoms with Crippen LogP contribution in [0.4, 0.5) is 28.3 Å². The maximum absolute atomic E-state index is 14.1. The Labute approximate surface area is 412 Å². The Morgan fingerprint density at radius 3 is 2.10 bits per heavy atom. The van der Waals surface area contributed by atoms with Crippen molar-refractivity contribution in [3.63, 3.8) is 0 Å². The lowest BCUT2D eigenvalue weighted by Gasteiger charge is -2.62. The van der Waals surface area contributed by atoms with E-state index < -0.39 is 35.7 Å². The van der Waals surface area contributed by atoms with Crippen LogP contribution in [0.2, 0.25) is 0 Å². The average Bonchev–Trinajstić information content (AvgIpc) is 3.34. The second kappa shape index (κ2) is 21.5. The molecule has 1 aromatic carbocycles. The third kappa shape index (κ3) is 11.5. The van der Waals surface area contributed by atoms with Gasteiger partial charge in [0.2, 0.25) is 11.9 Å². The lowest BCUT2D eigenvalue weighted by Crippen LogP contribution is -2.58. The van der Waals surface area contributed by atoms with E-state index in [9.17, 15) is 19.5 Å². The Morgan fingerprint density at radius 2 is 1.44 bits per heavy atom. The first-order valence-electron chi connectivity index (χ1n) is 25.9. The molecule has 2 aromatic heterocycles. The second-order valence-corrected chi connectivity index (χ2v) is 21.6. The van der Waals surface area contributed by atoms with Crippen molar-refractivity contribution in [1.82, 2.24) is 30.2 Å². The average molecular weight is 967 g/mol. The molecule has 4 N–H and O–H groups in total. The number of aliphatic hydroxyl groups is 1. The van der Waals surface area contributed by atoms with Crippen molar-refractivity contribution in [3.05, 3.63) is 52.8 Å². The van der Waals surface area contributed by atoms with E-state index in [-0.39, 0.29) is 43.4 Å². The van der Waals surface area contributed by atoms with E-state index in [4.69, 9.17) is 33.9 Å². The maximum Gasteiger partial charge on any atom is 0.410 e. The molecule has 380 valence electrons. The van der Waals surface area contributed by atoms with Crippen LogP contribution in [0.25, 0.3) is 0 Å². The van der Waals surface area contributed by atoms with Gasteiger partial charge in [0.25, 0.3) is 5.91 Å². The third-order valence-corrected chi connectivity index (χ3v) is 15.7. The predicted molar refractivity (Wildman–Crippen MR) is 265 cm³/mol. The molecule has 1 unspecified atom stereocenters. The number of carbonyl (C=O) groups excluding carboxylic acids is 3. The Morgan fingerprint density at radius 1 is 0.786 bits per heavy atom. The molecule has 70 heavy (non-hydrogen) atoms. The van der Waals surface area contributed by atoms with Gasteiger partial charge in [-0.15, -0.1) is 0 Å². The minimum atomic E-state index is -1.10. The highest BCUT2D eigenvalue weighted by Crippen LogP contribution is 2.63. The van der Waals surface area contributed by atoms with Crippen molar-refractivity contribution in [1.29, 1.82) is 0 Å². The first-order chi connectivity index (χ1) is 33.8. The van der Waals surface area contributed by atoms with Crippen LogP contribution in [0, 0.1) is 17.3 Å². The quantitative estimate of drug-likeness (QED) is 0.0885. The zero-order chi connectivity index (χ0) is 49.0. The number of aliphatic hydroxyl groups excluding tert-OH is 1.